The second-order valence-corrected chi connectivity index (χ2v) is 5.58. The van der Waals surface area contributed by atoms with Crippen molar-refractivity contribution >= 4 is 33.9 Å². The number of aliphatic carboxylic acids is 1. The third-order valence-corrected chi connectivity index (χ3v) is 3.89. The van der Waals surface area contributed by atoms with E-state index in [1.54, 1.807) is 11.0 Å². The Bertz CT molecular complexity index is 558. The number of carboxylic acids is 1. The van der Waals surface area contributed by atoms with Gasteiger partial charge in [0, 0.05) is 23.6 Å². The molecule has 6 heteroatoms. The molecule has 2 rings (SSSR count). The van der Waals surface area contributed by atoms with Gasteiger partial charge in [0.25, 0.3) is 0 Å². The highest BCUT2D eigenvalue weighted by Gasteiger charge is 2.24. The van der Waals surface area contributed by atoms with Crippen LogP contribution in [0.4, 0.5) is 0 Å². The summed E-state index contributed by atoms with van der Waals surface area (Å²) in [6.45, 7) is 1.16. The Morgan fingerprint density at radius 3 is 2.90 bits per heavy atom. The van der Waals surface area contributed by atoms with E-state index < -0.39 is 12.1 Å². The number of carbonyl (C=O) groups excluding carboxylic acids is 1. The molecule has 1 heterocycles. The van der Waals surface area contributed by atoms with E-state index in [0.717, 1.165) is 10.0 Å². The Labute approximate surface area is 131 Å². The summed E-state index contributed by atoms with van der Waals surface area (Å²) in [7, 11) is 0. The van der Waals surface area contributed by atoms with Gasteiger partial charge in [-0.1, -0.05) is 34.1 Å². The molecule has 1 aromatic rings. The number of morpholine rings is 1. The van der Waals surface area contributed by atoms with Gasteiger partial charge in [-0.2, -0.15) is 0 Å². The topological polar surface area (TPSA) is 66.8 Å². The summed E-state index contributed by atoms with van der Waals surface area (Å²) in [4.78, 5) is 24.4. The average molecular weight is 354 g/mol. The molecule has 1 aromatic carbocycles. The van der Waals surface area contributed by atoms with Gasteiger partial charge >= 0.3 is 5.97 Å². The molecular formula is C15H16BrNO4. The minimum absolute atomic E-state index is 0.0856. The number of hydrogen-bond acceptors (Lipinski definition) is 3. The van der Waals surface area contributed by atoms with Gasteiger partial charge in [0.2, 0.25) is 5.91 Å². The molecule has 1 atom stereocenters. The number of hydrogen-bond donors (Lipinski definition) is 1. The predicted octanol–water partition coefficient (Wildman–Crippen LogP) is 2.16. The van der Waals surface area contributed by atoms with Crippen LogP contribution in [0.25, 0.3) is 6.08 Å². The second kappa shape index (κ2) is 7.38. The van der Waals surface area contributed by atoms with E-state index in [4.69, 9.17) is 9.84 Å². The predicted molar refractivity (Wildman–Crippen MR) is 81.7 cm³/mol. The molecule has 1 fully saturated rings. The largest absolute Gasteiger partial charge is 0.481 e. The van der Waals surface area contributed by atoms with Crippen molar-refractivity contribution in [3.63, 3.8) is 0 Å². The van der Waals surface area contributed by atoms with Crippen LogP contribution in [0.2, 0.25) is 0 Å². The van der Waals surface area contributed by atoms with Gasteiger partial charge in [-0.05, 0) is 17.7 Å². The van der Waals surface area contributed by atoms with Crippen molar-refractivity contribution < 1.29 is 19.4 Å². The number of halogens is 1. The molecule has 5 nitrogen and oxygen atoms in total. The maximum Gasteiger partial charge on any atom is 0.306 e. The van der Waals surface area contributed by atoms with E-state index >= 15 is 0 Å². The Kier molecular flexibility index (Phi) is 5.52. The lowest BCUT2D eigenvalue weighted by Gasteiger charge is -2.31. The number of ether oxygens (including phenoxy) is 1. The summed E-state index contributed by atoms with van der Waals surface area (Å²) in [5.41, 5.74) is 0.918. The molecule has 1 N–H and O–H groups in total. The molecule has 1 amide bonds. The lowest BCUT2D eigenvalue weighted by molar-refractivity contribution is -0.145. The van der Waals surface area contributed by atoms with Crippen LogP contribution in [0.3, 0.4) is 0 Å². The molecule has 112 valence electrons. The first kappa shape index (κ1) is 15.7. The first-order valence-corrected chi connectivity index (χ1v) is 7.40. The summed E-state index contributed by atoms with van der Waals surface area (Å²) < 4.78 is 6.26. The summed E-state index contributed by atoms with van der Waals surface area (Å²) in [6, 6.07) is 7.61. The van der Waals surface area contributed by atoms with Crippen molar-refractivity contribution in [1.29, 1.82) is 0 Å². The molecule has 1 unspecified atom stereocenters. The van der Waals surface area contributed by atoms with Crippen molar-refractivity contribution in [3.05, 3.63) is 40.4 Å². The van der Waals surface area contributed by atoms with Crippen molar-refractivity contribution in [3.8, 4) is 0 Å². The highest BCUT2D eigenvalue weighted by Crippen LogP contribution is 2.17. The highest BCUT2D eigenvalue weighted by atomic mass is 79.9. The van der Waals surface area contributed by atoms with E-state index in [9.17, 15) is 9.59 Å². The summed E-state index contributed by atoms with van der Waals surface area (Å²) in [5.74, 6) is -1.05. The lowest BCUT2D eigenvalue weighted by atomic mass is 10.2. The Hall–Kier alpha value is -1.66. The van der Waals surface area contributed by atoms with Gasteiger partial charge in [-0.15, -0.1) is 0 Å². The fourth-order valence-corrected chi connectivity index (χ4v) is 2.53. The maximum atomic E-state index is 12.1. The SMILES string of the molecule is O=C(O)CC1CN(C(=O)C=Cc2ccccc2Br)CCO1. The number of nitrogens with zero attached hydrogens (tertiary/aromatic N) is 1. The molecule has 21 heavy (non-hydrogen) atoms. The van der Waals surface area contributed by atoms with E-state index in [2.05, 4.69) is 15.9 Å². The summed E-state index contributed by atoms with van der Waals surface area (Å²) in [5, 5.41) is 8.77. The van der Waals surface area contributed by atoms with Crippen LogP contribution in [0, 0.1) is 0 Å². The molecule has 1 saturated heterocycles. The van der Waals surface area contributed by atoms with Gasteiger partial charge in [0.1, 0.15) is 0 Å². The van der Waals surface area contributed by atoms with Crippen LogP contribution in [-0.4, -0.2) is 47.7 Å². The summed E-state index contributed by atoms with van der Waals surface area (Å²) >= 11 is 3.42. The van der Waals surface area contributed by atoms with Crippen LogP contribution in [-0.2, 0) is 14.3 Å². The second-order valence-electron chi connectivity index (χ2n) is 4.73. The van der Waals surface area contributed by atoms with E-state index in [-0.39, 0.29) is 12.3 Å². The molecule has 0 radical (unpaired) electrons. The van der Waals surface area contributed by atoms with Crippen LogP contribution in [0.1, 0.15) is 12.0 Å². The molecule has 0 bridgehead atoms. The van der Waals surface area contributed by atoms with Gasteiger partial charge in [0.05, 0.1) is 19.1 Å². The third-order valence-electron chi connectivity index (χ3n) is 3.16. The number of rotatable bonds is 4. The molecule has 0 aliphatic carbocycles. The quantitative estimate of drug-likeness (QED) is 0.842. The van der Waals surface area contributed by atoms with Crippen LogP contribution in [0.5, 0.6) is 0 Å². The summed E-state index contributed by atoms with van der Waals surface area (Å²) in [6.07, 6.45) is 2.73. The Morgan fingerprint density at radius 2 is 2.19 bits per heavy atom. The smallest absolute Gasteiger partial charge is 0.306 e. The minimum atomic E-state index is -0.918. The third kappa shape index (κ3) is 4.68. The number of amides is 1. The number of carboxylic acid groups (broad SMARTS) is 1. The minimum Gasteiger partial charge on any atom is -0.481 e. The lowest BCUT2D eigenvalue weighted by Crippen LogP contribution is -2.45. The van der Waals surface area contributed by atoms with E-state index in [0.29, 0.717) is 19.7 Å². The fourth-order valence-electron chi connectivity index (χ4n) is 2.11. The zero-order valence-electron chi connectivity index (χ0n) is 11.4. The zero-order valence-corrected chi connectivity index (χ0v) is 13.0. The fraction of sp³-hybridized carbons (Fsp3) is 0.333. The number of benzene rings is 1. The van der Waals surface area contributed by atoms with Crippen LogP contribution in [0.15, 0.2) is 34.8 Å². The Balaban J connectivity index is 1.96. The standard InChI is InChI=1S/C15H16BrNO4/c16-13-4-2-1-3-11(13)5-6-14(18)17-7-8-21-12(10-17)9-15(19)20/h1-6,12H,7-10H2,(H,19,20). The van der Waals surface area contributed by atoms with Gasteiger partial charge < -0.3 is 14.7 Å². The van der Waals surface area contributed by atoms with Crippen molar-refractivity contribution in [2.75, 3.05) is 19.7 Å². The van der Waals surface area contributed by atoms with Crippen LogP contribution >= 0.6 is 15.9 Å². The van der Waals surface area contributed by atoms with Crippen molar-refractivity contribution in [1.82, 2.24) is 4.90 Å². The monoisotopic (exact) mass is 353 g/mol. The molecular weight excluding hydrogens is 338 g/mol. The molecule has 0 aromatic heterocycles. The van der Waals surface area contributed by atoms with E-state index in [1.165, 1.54) is 6.08 Å². The van der Waals surface area contributed by atoms with E-state index in [1.807, 2.05) is 24.3 Å². The molecule has 0 spiro atoms. The molecule has 1 aliphatic heterocycles. The van der Waals surface area contributed by atoms with Gasteiger partial charge in [-0.3, -0.25) is 9.59 Å². The van der Waals surface area contributed by atoms with Crippen molar-refractivity contribution in [2.24, 2.45) is 0 Å². The normalized spacial score (nSPS) is 18.9. The number of carbonyl (C=O) groups is 2. The van der Waals surface area contributed by atoms with Gasteiger partial charge in [0.15, 0.2) is 0 Å². The first-order valence-electron chi connectivity index (χ1n) is 6.61. The molecule has 1 aliphatic rings. The zero-order chi connectivity index (χ0) is 15.2. The average Bonchev–Trinajstić information content (AvgIpc) is 2.45. The molecule has 0 saturated carbocycles. The van der Waals surface area contributed by atoms with Gasteiger partial charge in [-0.25, -0.2) is 0 Å². The Morgan fingerprint density at radius 1 is 1.43 bits per heavy atom. The first-order chi connectivity index (χ1) is 10.1. The van der Waals surface area contributed by atoms with Crippen LogP contribution < -0.4 is 0 Å². The van der Waals surface area contributed by atoms with Crippen molar-refractivity contribution in [2.45, 2.75) is 12.5 Å². The maximum absolute atomic E-state index is 12.1. The highest BCUT2D eigenvalue weighted by molar-refractivity contribution is 9.10.